The highest BCUT2D eigenvalue weighted by Gasteiger charge is 2.12. The number of anilines is 1. The summed E-state index contributed by atoms with van der Waals surface area (Å²) in [7, 11) is 0. The van der Waals surface area contributed by atoms with Gasteiger partial charge >= 0.3 is 0 Å². The van der Waals surface area contributed by atoms with Gasteiger partial charge in [-0.1, -0.05) is 0 Å². The van der Waals surface area contributed by atoms with E-state index in [0.717, 1.165) is 27.6 Å². The van der Waals surface area contributed by atoms with E-state index in [4.69, 9.17) is 15.2 Å². The SMILES string of the molecule is CCOc1ccc(-c2nc(-c3ccc(O)c(N)c3)cs2)cc1OCC.Cl.Cl. The number of nitrogens with zero attached hydrogens (tertiary/aromatic N) is 1. The van der Waals surface area contributed by atoms with Crippen LogP contribution in [-0.4, -0.2) is 23.3 Å². The number of thiazole rings is 1. The lowest BCUT2D eigenvalue weighted by molar-refractivity contribution is 0.288. The summed E-state index contributed by atoms with van der Waals surface area (Å²) >= 11 is 1.54. The molecule has 0 amide bonds. The van der Waals surface area contributed by atoms with Gasteiger partial charge in [0.1, 0.15) is 10.8 Å². The second kappa shape index (κ2) is 10.3. The van der Waals surface area contributed by atoms with Crippen LogP contribution in [0.5, 0.6) is 17.2 Å². The Hall–Kier alpha value is -2.15. The van der Waals surface area contributed by atoms with Crippen LogP contribution in [-0.2, 0) is 0 Å². The van der Waals surface area contributed by atoms with Crippen LogP contribution in [0.4, 0.5) is 5.69 Å². The monoisotopic (exact) mass is 428 g/mol. The first-order chi connectivity index (χ1) is 12.1. The van der Waals surface area contributed by atoms with Crippen LogP contribution in [0.25, 0.3) is 21.8 Å². The van der Waals surface area contributed by atoms with Crippen LogP contribution < -0.4 is 15.2 Å². The number of nitrogen functional groups attached to an aromatic ring is 1. The highest BCUT2D eigenvalue weighted by Crippen LogP contribution is 2.36. The normalized spacial score (nSPS) is 9.85. The number of nitrogens with two attached hydrogens (primary N) is 1. The lowest BCUT2D eigenvalue weighted by Gasteiger charge is -2.11. The minimum absolute atomic E-state index is 0. The molecule has 3 N–H and O–H groups in total. The van der Waals surface area contributed by atoms with Crippen molar-refractivity contribution in [2.24, 2.45) is 0 Å². The summed E-state index contributed by atoms with van der Waals surface area (Å²) in [5, 5.41) is 12.4. The molecular formula is C19H22Cl2N2O3S. The molecule has 0 aliphatic heterocycles. The maximum atomic E-state index is 9.56. The maximum absolute atomic E-state index is 9.56. The Morgan fingerprint density at radius 2 is 1.63 bits per heavy atom. The Morgan fingerprint density at radius 3 is 2.30 bits per heavy atom. The molecule has 2 aromatic carbocycles. The van der Waals surface area contributed by atoms with E-state index in [1.807, 2.05) is 37.4 Å². The molecule has 0 unspecified atom stereocenters. The fraction of sp³-hybridized carbons (Fsp3) is 0.211. The molecule has 1 heterocycles. The Labute approximate surface area is 175 Å². The molecule has 0 fully saturated rings. The molecular weight excluding hydrogens is 407 g/mol. The number of ether oxygens (including phenoxy) is 2. The third kappa shape index (κ3) is 5.19. The standard InChI is InChI=1S/C19H20N2O3S.2ClH/c1-3-23-17-8-6-13(10-18(17)24-4-2)19-21-15(11-25-19)12-5-7-16(22)14(20)9-12;;/h5-11,22H,3-4,20H2,1-2H3;2*1H. The molecule has 5 nitrogen and oxygen atoms in total. The van der Waals surface area contributed by atoms with Crippen LogP contribution in [0.2, 0.25) is 0 Å². The van der Waals surface area contributed by atoms with Gasteiger partial charge in [0.2, 0.25) is 0 Å². The number of halogens is 2. The average molecular weight is 429 g/mol. The van der Waals surface area contributed by atoms with Gasteiger partial charge in [-0.3, -0.25) is 0 Å². The van der Waals surface area contributed by atoms with Gasteiger partial charge in [0.05, 0.1) is 24.6 Å². The first-order valence-corrected chi connectivity index (χ1v) is 8.94. The Morgan fingerprint density at radius 1 is 0.963 bits per heavy atom. The maximum Gasteiger partial charge on any atom is 0.161 e. The molecule has 0 bridgehead atoms. The molecule has 0 saturated heterocycles. The van der Waals surface area contributed by atoms with E-state index in [1.165, 1.54) is 0 Å². The van der Waals surface area contributed by atoms with Gasteiger partial charge in [-0.15, -0.1) is 36.2 Å². The molecule has 1 aromatic heterocycles. The molecule has 0 spiro atoms. The smallest absolute Gasteiger partial charge is 0.161 e. The highest BCUT2D eigenvalue weighted by molar-refractivity contribution is 7.13. The summed E-state index contributed by atoms with van der Waals surface area (Å²) in [4.78, 5) is 4.68. The molecule has 0 aliphatic rings. The molecule has 3 aromatic rings. The largest absolute Gasteiger partial charge is 0.506 e. The Balaban J connectivity index is 0.00000182. The fourth-order valence-corrected chi connectivity index (χ4v) is 3.26. The van der Waals surface area contributed by atoms with E-state index in [9.17, 15) is 5.11 Å². The topological polar surface area (TPSA) is 77.6 Å². The minimum atomic E-state index is 0. The van der Waals surface area contributed by atoms with E-state index in [1.54, 1.807) is 29.5 Å². The van der Waals surface area contributed by atoms with Crippen molar-refractivity contribution in [1.82, 2.24) is 4.98 Å². The first kappa shape index (κ1) is 22.9. The van der Waals surface area contributed by atoms with E-state index < -0.39 is 0 Å². The summed E-state index contributed by atoms with van der Waals surface area (Å²) in [6.45, 7) is 5.04. The van der Waals surface area contributed by atoms with Crippen LogP contribution in [0.15, 0.2) is 41.8 Å². The average Bonchev–Trinajstić information content (AvgIpc) is 3.09. The van der Waals surface area contributed by atoms with E-state index in [2.05, 4.69) is 4.98 Å². The number of aromatic hydroxyl groups is 1. The summed E-state index contributed by atoms with van der Waals surface area (Å²) in [6, 6.07) is 10.9. The predicted octanol–water partition coefficient (Wildman–Crippen LogP) is 5.41. The van der Waals surface area contributed by atoms with Crippen molar-refractivity contribution in [3.05, 3.63) is 41.8 Å². The molecule has 27 heavy (non-hydrogen) atoms. The zero-order chi connectivity index (χ0) is 17.8. The molecule has 0 radical (unpaired) electrons. The van der Waals surface area contributed by atoms with Crippen molar-refractivity contribution >= 4 is 41.8 Å². The third-order valence-corrected chi connectivity index (χ3v) is 4.51. The van der Waals surface area contributed by atoms with Crippen molar-refractivity contribution < 1.29 is 14.6 Å². The zero-order valence-electron chi connectivity index (χ0n) is 15.0. The Bertz CT molecular complexity index is 887. The first-order valence-electron chi connectivity index (χ1n) is 8.06. The summed E-state index contributed by atoms with van der Waals surface area (Å²) in [6.07, 6.45) is 0. The summed E-state index contributed by atoms with van der Waals surface area (Å²) in [5.41, 5.74) is 8.76. The number of rotatable bonds is 6. The number of aromatic nitrogens is 1. The van der Waals surface area contributed by atoms with Crippen LogP contribution in [0.1, 0.15) is 13.8 Å². The predicted molar refractivity (Wildman–Crippen MR) is 116 cm³/mol. The molecule has 0 saturated carbocycles. The van der Waals surface area contributed by atoms with Crippen LogP contribution in [0, 0.1) is 0 Å². The van der Waals surface area contributed by atoms with Crippen LogP contribution >= 0.6 is 36.2 Å². The summed E-state index contributed by atoms with van der Waals surface area (Å²) in [5.74, 6) is 1.52. The molecule has 0 aliphatic carbocycles. The second-order valence-corrected chi connectivity index (χ2v) is 6.20. The van der Waals surface area contributed by atoms with Gasteiger partial charge in [-0.05, 0) is 50.2 Å². The van der Waals surface area contributed by atoms with E-state index in [-0.39, 0.29) is 30.6 Å². The van der Waals surface area contributed by atoms with Gasteiger partial charge in [0, 0.05) is 16.5 Å². The summed E-state index contributed by atoms with van der Waals surface area (Å²) < 4.78 is 11.3. The van der Waals surface area contributed by atoms with Crippen molar-refractivity contribution in [1.29, 1.82) is 0 Å². The quantitative estimate of drug-likeness (QED) is 0.405. The number of phenolic OH excluding ortho intramolecular Hbond substituents is 1. The number of hydrogen-bond acceptors (Lipinski definition) is 6. The van der Waals surface area contributed by atoms with E-state index in [0.29, 0.717) is 24.7 Å². The fourth-order valence-electron chi connectivity index (χ4n) is 2.44. The number of phenols is 1. The van der Waals surface area contributed by atoms with Gasteiger partial charge in [-0.25, -0.2) is 4.98 Å². The molecule has 8 heteroatoms. The van der Waals surface area contributed by atoms with Gasteiger partial charge in [0.15, 0.2) is 11.5 Å². The number of hydrogen-bond donors (Lipinski definition) is 2. The molecule has 146 valence electrons. The van der Waals surface area contributed by atoms with Gasteiger partial charge in [-0.2, -0.15) is 0 Å². The van der Waals surface area contributed by atoms with Crippen molar-refractivity contribution in [3.63, 3.8) is 0 Å². The number of benzene rings is 2. The minimum Gasteiger partial charge on any atom is -0.506 e. The van der Waals surface area contributed by atoms with Crippen molar-refractivity contribution in [2.45, 2.75) is 13.8 Å². The van der Waals surface area contributed by atoms with Crippen molar-refractivity contribution in [2.75, 3.05) is 18.9 Å². The molecule has 3 rings (SSSR count). The lowest BCUT2D eigenvalue weighted by Crippen LogP contribution is -1.98. The van der Waals surface area contributed by atoms with Crippen molar-refractivity contribution in [3.8, 4) is 39.1 Å². The third-order valence-electron chi connectivity index (χ3n) is 3.62. The highest BCUT2D eigenvalue weighted by atomic mass is 35.5. The molecule has 0 atom stereocenters. The van der Waals surface area contributed by atoms with E-state index >= 15 is 0 Å². The van der Waals surface area contributed by atoms with Gasteiger partial charge in [0.25, 0.3) is 0 Å². The zero-order valence-corrected chi connectivity index (χ0v) is 17.4. The van der Waals surface area contributed by atoms with Crippen LogP contribution in [0.3, 0.4) is 0 Å². The second-order valence-electron chi connectivity index (χ2n) is 5.34. The lowest BCUT2D eigenvalue weighted by atomic mass is 10.1. The Kier molecular flexibility index (Phi) is 8.69. The van der Waals surface area contributed by atoms with Gasteiger partial charge < -0.3 is 20.3 Å².